The SMILES string of the molecule is CNCCCn1cc(S(=O)(=O)N2CC(C)CC2C)cn1. The quantitative estimate of drug-likeness (QED) is 0.793. The Morgan fingerprint density at radius 3 is 2.80 bits per heavy atom. The Morgan fingerprint density at radius 2 is 2.20 bits per heavy atom. The van der Waals surface area contributed by atoms with Crippen molar-refractivity contribution in [2.24, 2.45) is 5.92 Å². The van der Waals surface area contributed by atoms with Crippen LogP contribution in [0.2, 0.25) is 0 Å². The molecule has 0 saturated carbocycles. The molecule has 0 aromatic carbocycles. The molecule has 2 atom stereocenters. The highest BCUT2D eigenvalue weighted by Gasteiger charge is 2.36. The number of nitrogens with zero attached hydrogens (tertiary/aromatic N) is 3. The third-order valence-electron chi connectivity index (χ3n) is 3.76. The second kappa shape index (κ2) is 6.24. The van der Waals surface area contributed by atoms with Gasteiger partial charge in [0.05, 0.1) is 6.20 Å². The van der Waals surface area contributed by atoms with Crippen LogP contribution in [0.25, 0.3) is 0 Å². The van der Waals surface area contributed by atoms with E-state index in [2.05, 4.69) is 17.3 Å². The van der Waals surface area contributed by atoms with Gasteiger partial charge in [0.25, 0.3) is 0 Å². The van der Waals surface area contributed by atoms with Crippen LogP contribution in [0.15, 0.2) is 17.3 Å². The van der Waals surface area contributed by atoms with Gasteiger partial charge in [0.2, 0.25) is 10.0 Å². The predicted molar refractivity (Wildman–Crippen MR) is 77.9 cm³/mol. The van der Waals surface area contributed by atoms with E-state index in [0.29, 0.717) is 17.4 Å². The Morgan fingerprint density at radius 1 is 1.45 bits per heavy atom. The Bertz CT molecular complexity index is 540. The van der Waals surface area contributed by atoms with Gasteiger partial charge in [-0.15, -0.1) is 0 Å². The third-order valence-corrected chi connectivity index (χ3v) is 5.69. The summed E-state index contributed by atoms with van der Waals surface area (Å²) in [7, 11) is -1.50. The van der Waals surface area contributed by atoms with Crippen LogP contribution >= 0.6 is 0 Å². The lowest BCUT2D eigenvalue weighted by molar-refractivity contribution is 0.405. The van der Waals surface area contributed by atoms with Crippen LogP contribution in [-0.4, -0.2) is 48.7 Å². The van der Waals surface area contributed by atoms with Gasteiger partial charge in [-0.05, 0) is 39.3 Å². The number of rotatable bonds is 6. The molecule has 7 heteroatoms. The molecule has 1 saturated heterocycles. The van der Waals surface area contributed by atoms with Gasteiger partial charge in [0.1, 0.15) is 4.90 Å². The summed E-state index contributed by atoms with van der Waals surface area (Å²) in [6, 6.07) is 0.0719. The molecule has 0 aliphatic carbocycles. The molecule has 20 heavy (non-hydrogen) atoms. The molecule has 0 bridgehead atoms. The second-order valence-electron chi connectivity index (χ2n) is 5.66. The first-order chi connectivity index (χ1) is 9.45. The van der Waals surface area contributed by atoms with Crippen molar-refractivity contribution in [3.8, 4) is 0 Å². The largest absolute Gasteiger partial charge is 0.320 e. The first-order valence-electron chi connectivity index (χ1n) is 7.14. The average molecular weight is 300 g/mol. The Labute approximate surface area is 121 Å². The van der Waals surface area contributed by atoms with Crippen molar-refractivity contribution in [3.63, 3.8) is 0 Å². The van der Waals surface area contributed by atoms with Gasteiger partial charge < -0.3 is 5.32 Å². The first-order valence-corrected chi connectivity index (χ1v) is 8.58. The standard InChI is InChI=1S/C13H24N4O2S/c1-11-7-12(2)17(9-11)20(18,19)13-8-15-16(10-13)6-4-5-14-3/h8,10-12,14H,4-7,9H2,1-3H3. The number of aryl methyl sites for hydroxylation is 1. The molecule has 2 rings (SSSR count). The summed E-state index contributed by atoms with van der Waals surface area (Å²) in [4.78, 5) is 0.308. The molecular formula is C13H24N4O2S. The molecule has 0 amide bonds. The Hall–Kier alpha value is -0.920. The highest BCUT2D eigenvalue weighted by molar-refractivity contribution is 7.89. The van der Waals surface area contributed by atoms with Crippen LogP contribution in [-0.2, 0) is 16.6 Å². The van der Waals surface area contributed by atoms with Crippen molar-refractivity contribution in [3.05, 3.63) is 12.4 Å². The van der Waals surface area contributed by atoms with E-state index in [-0.39, 0.29) is 6.04 Å². The van der Waals surface area contributed by atoms with Gasteiger partial charge in [-0.1, -0.05) is 6.92 Å². The van der Waals surface area contributed by atoms with Crippen molar-refractivity contribution in [2.75, 3.05) is 20.1 Å². The summed E-state index contributed by atoms with van der Waals surface area (Å²) in [6.45, 7) is 6.28. The van der Waals surface area contributed by atoms with Crippen LogP contribution < -0.4 is 5.32 Å². The van der Waals surface area contributed by atoms with Crippen molar-refractivity contribution < 1.29 is 8.42 Å². The highest BCUT2D eigenvalue weighted by Crippen LogP contribution is 2.28. The molecule has 2 heterocycles. The van der Waals surface area contributed by atoms with Crippen LogP contribution in [0.3, 0.4) is 0 Å². The van der Waals surface area contributed by atoms with E-state index >= 15 is 0 Å². The van der Waals surface area contributed by atoms with Gasteiger partial charge in [0, 0.05) is 25.3 Å². The smallest absolute Gasteiger partial charge is 0.246 e. The molecule has 2 unspecified atom stereocenters. The maximum Gasteiger partial charge on any atom is 0.246 e. The van der Waals surface area contributed by atoms with E-state index in [1.54, 1.807) is 15.2 Å². The number of nitrogens with one attached hydrogen (secondary N) is 1. The summed E-state index contributed by atoms with van der Waals surface area (Å²) in [6.07, 6.45) is 4.95. The molecule has 114 valence electrons. The van der Waals surface area contributed by atoms with Crippen molar-refractivity contribution >= 4 is 10.0 Å². The minimum absolute atomic E-state index is 0.0719. The zero-order valence-electron chi connectivity index (χ0n) is 12.4. The van der Waals surface area contributed by atoms with Gasteiger partial charge in [-0.25, -0.2) is 8.42 Å². The summed E-state index contributed by atoms with van der Waals surface area (Å²) in [5, 5.41) is 7.22. The van der Waals surface area contributed by atoms with E-state index in [9.17, 15) is 8.42 Å². The Kier molecular flexibility index (Phi) is 4.82. The monoisotopic (exact) mass is 300 g/mol. The van der Waals surface area contributed by atoms with Gasteiger partial charge in [-0.2, -0.15) is 9.40 Å². The van der Waals surface area contributed by atoms with Gasteiger partial charge in [0.15, 0.2) is 0 Å². The summed E-state index contributed by atoms with van der Waals surface area (Å²) in [5.41, 5.74) is 0. The molecule has 1 fully saturated rings. The average Bonchev–Trinajstić information content (AvgIpc) is 2.97. The van der Waals surface area contributed by atoms with Crippen molar-refractivity contribution in [2.45, 2.75) is 44.2 Å². The van der Waals surface area contributed by atoms with Crippen LogP contribution in [0, 0.1) is 5.92 Å². The number of hydrogen-bond acceptors (Lipinski definition) is 4. The van der Waals surface area contributed by atoms with Crippen molar-refractivity contribution in [1.82, 2.24) is 19.4 Å². The fraction of sp³-hybridized carbons (Fsp3) is 0.769. The maximum atomic E-state index is 12.6. The lowest BCUT2D eigenvalue weighted by Crippen LogP contribution is -2.33. The molecule has 0 spiro atoms. The second-order valence-corrected chi connectivity index (χ2v) is 7.55. The summed E-state index contributed by atoms with van der Waals surface area (Å²) < 4.78 is 28.5. The normalized spacial score (nSPS) is 24.4. The lowest BCUT2D eigenvalue weighted by Gasteiger charge is -2.19. The Balaban J connectivity index is 2.10. The summed E-state index contributed by atoms with van der Waals surface area (Å²) in [5.74, 6) is 0.422. The van der Waals surface area contributed by atoms with Gasteiger partial charge >= 0.3 is 0 Å². The van der Waals surface area contributed by atoms with Crippen LogP contribution in [0.1, 0.15) is 26.7 Å². The zero-order chi connectivity index (χ0) is 14.8. The van der Waals surface area contributed by atoms with E-state index in [4.69, 9.17) is 0 Å². The van der Waals surface area contributed by atoms with Crippen LogP contribution in [0.5, 0.6) is 0 Å². The number of sulfonamides is 1. The minimum atomic E-state index is -3.40. The third kappa shape index (κ3) is 3.21. The maximum absolute atomic E-state index is 12.6. The fourth-order valence-electron chi connectivity index (χ4n) is 2.75. The molecule has 0 radical (unpaired) electrons. The van der Waals surface area contributed by atoms with E-state index in [1.165, 1.54) is 6.20 Å². The molecule has 1 aliphatic heterocycles. The number of aromatic nitrogens is 2. The summed E-state index contributed by atoms with van der Waals surface area (Å²) >= 11 is 0. The lowest BCUT2D eigenvalue weighted by atomic mass is 10.1. The topological polar surface area (TPSA) is 67.2 Å². The van der Waals surface area contributed by atoms with Crippen LogP contribution in [0.4, 0.5) is 0 Å². The minimum Gasteiger partial charge on any atom is -0.320 e. The first kappa shape index (κ1) is 15.5. The molecule has 1 aromatic heterocycles. The van der Waals surface area contributed by atoms with E-state index in [1.807, 2.05) is 14.0 Å². The van der Waals surface area contributed by atoms with E-state index in [0.717, 1.165) is 25.9 Å². The number of hydrogen-bond donors (Lipinski definition) is 1. The molecule has 1 aliphatic rings. The van der Waals surface area contributed by atoms with Crippen molar-refractivity contribution in [1.29, 1.82) is 0 Å². The molecule has 6 nitrogen and oxygen atoms in total. The highest BCUT2D eigenvalue weighted by atomic mass is 32.2. The predicted octanol–water partition coefficient (Wildman–Crippen LogP) is 0.912. The zero-order valence-corrected chi connectivity index (χ0v) is 13.2. The molecular weight excluding hydrogens is 276 g/mol. The molecule has 1 aromatic rings. The fourth-order valence-corrected chi connectivity index (χ4v) is 4.47. The van der Waals surface area contributed by atoms with Gasteiger partial charge in [-0.3, -0.25) is 4.68 Å². The molecule has 1 N–H and O–H groups in total. The van der Waals surface area contributed by atoms with E-state index < -0.39 is 10.0 Å².